The molecular formula is C15H22N2O2S. The molecule has 3 atom stereocenters. The zero-order chi connectivity index (χ0) is 14.5. The summed E-state index contributed by atoms with van der Waals surface area (Å²) in [5, 5.41) is 3.32. The molecule has 1 N–H and O–H groups in total. The van der Waals surface area contributed by atoms with E-state index in [0.717, 1.165) is 30.6 Å². The molecule has 2 heterocycles. The van der Waals surface area contributed by atoms with Crippen LogP contribution >= 0.6 is 0 Å². The Morgan fingerprint density at radius 1 is 1.15 bits per heavy atom. The van der Waals surface area contributed by atoms with Crippen LogP contribution < -0.4 is 5.32 Å². The summed E-state index contributed by atoms with van der Waals surface area (Å²) >= 11 is 0. The van der Waals surface area contributed by atoms with E-state index in [1.54, 1.807) is 16.4 Å². The molecule has 5 heteroatoms. The molecule has 2 aliphatic heterocycles. The van der Waals surface area contributed by atoms with E-state index in [1.165, 1.54) is 0 Å². The molecule has 1 aromatic carbocycles. The Labute approximate surface area is 121 Å². The Kier molecular flexibility index (Phi) is 3.39. The van der Waals surface area contributed by atoms with Crippen LogP contribution in [0.4, 0.5) is 0 Å². The fraction of sp³-hybridized carbons (Fsp3) is 0.600. The van der Waals surface area contributed by atoms with Crippen LogP contribution in [0.2, 0.25) is 0 Å². The Morgan fingerprint density at radius 3 is 2.45 bits per heavy atom. The van der Waals surface area contributed by atoms with E-state index in [-0.39, 0.29) is 12.1 Å². The lowest BCUT2D eigenvalue weighted by Gasteiger charge is -2.27. The van der Waals surface area contributed by atoms with Gasteiger partial charge in [0.2, 0.25) is 10.0 Å². The molecule has 3 unspecified atom stereocenters. The minimum atomic E-state index is -3.39. The van der Waals surface area contributed by atoms with E-state index in [1.807, 2.05) is 26.8 Å². The zero-order valence-corrected chi connectivity index (χ0v) is 13.1. The topological polar surface area (TPSA) is 49.4 Å². The quantitative estimate of drug-likeness (QED) is 0.903. The van der Waals surface area contributed by atoms with Gasteiger partial charge in [0, 0.05) is 18.6 Å². The third-order valence-electron chi connectivity index (χ3n) is 4.48. The van der Waals surface area contributed by atoms with E-state index >= 15 is 0 Å². The van der Waals surface area contributed by atoms with Gasteiger partial charge in [0.25, 0.3) is 0 Å². The molecular weight excluding hydrogens is 272 g/mol. The highest BCUT2D eigenvalue weighted by molar-refractivity contribution is 7.89. The summed E-state index contributed by atoms with van der Waals surface area (Å²) in [6, 6.07) is 5.79. The molecule has 1 aromatic rings. The van der Waals surface area contributed by atoms with Crippen molar-refractivity contribution in [3.8, 4) is 0 Å². The van der Waals surface area contributed by atoms with Crippen LogP contribution in [0.25, 0.3) is 0 Å². The molecule has 2 fully saturated rings. The number of hydrogen-bond donors (Lipinski definition) is 1. The standard InChI is InChI=1S/C15H22N2O2S/c1-10-4-11(2)6-14(5-10)20(18,19)17-12(3)7-13-8-16-9-15(13)17/h4-6,12-13,15-16H,7-9H2,1-3H3. The third kappa shape index (κ3) is 2.18. The number of hydrogen-bond acceptors (Lipinski definition) is 3. The van der Waals surface area contributed by atoms with E-state index in [4.69, 9.17) is 0 Å². The van der Waals surface area contributed by atoms with Gasteiger partial charge < -0.3 is 5.32 Å². The van der Waals surface area contributed by atoms with Crippen LogP contribution in [0.1, 0.15) is 24.5 Å². The second-order valence-corrected chi connectivity index (χ2v) is 8.07. The van der Waals surface area contributed by atoms with Gasteiger partial charge in [-0.25, -0.2) is 8.42 Å². The molecule has 4 nitrogen and oxygen atoms in total. The van der Waals surface area contributed by atoms with Crippen molar-refractivity contribution in [1.29, 1.82) is 0 Å². The van der Waals surface area contributed by atoms with Crippen LogP contribution in [0.3, 0.4) is 0 Å². The predicted molar refractivity (Wildman–Crippen MR) is 79.2 cm³/mol. The highest BCUT2D eigenvalue weighted by Crippen LogP contribution is 2.36. The molecule has 0 spiro atoms. The number of fused-ring (bicyclic) bond motifs is 1. The second kappa shape index (κ2) is 4.83. The molecule has 0 aromatic heterocycles. The first-order valence-corrected chi connectivity index (χ1v) is 8.66. The first-order chi connectivity index (χ1) is 9.39. The average molecular weight is 294 g/mol. The van der Waals surface area contributed by atoms with E-state index < -0.39 is 10.0 Å². The monoisotopic (exact) mass is 294 g/mol. The van der Waals surface area contributed by atoms with Gasteiger partial charge in [0.05, 0.1) is 4.90 Å². The minimum absolute atomic E-state index is 0.0953. The number of rotatable bonds is 2. The van der Waals surface area contributed by atoms with Gasteiger partial charge in [-0.1, -0.05) is 6.07 Å². The number of aryl methyl sites for hydroxylation is 2. The summed E-state index contributed by atoms with van der Waals surface area (Å²) in [6.07, 6.45) is 0.960. The van der Waals surface area contributed by atoms with Crippen molar-refractivity contribution in [3.63, 3.8) is 0 Å². The van der Waals surface area contributed by atoms with Crippen LogP contribution in [-0.4, -0.2) is 37.9 Å². The van der Waals surface area contributed by atoms with Gasteiger partial charge >= 0.3 is 0 Å². The lowest BCUT2D eigenvalue weighted by atomic mass is 10.0. The third-order valence-corrected chi connectivity index (χ3v) is 6.50. The van der Waals surface area contributed by atoms with Crippen LogP contribution in [-0.2, 0) is 10.0 Å². The molecule has 3 rings (SSSR count). The Hall–Kier alpha value is -0.910. The first-order valence-electron chi connectivity index (χ1n) is 7.22. The normalized spacial score (nSPS) is 30.6. The Balaban J connectivity index is 2.03. The lowest BCUT2D eigenvalue weighted by molar-refractivity contribution is 0.335. The highest BCUT2D eigenvalue weighted by atomic mass is 32.2. The summed E-state index contributed by atoms with van der Waals surface area (Å²) in [7, 11) is -3.39. The fourth-order valence-corrected chi connectivity index (χ4v) is 5.82. The summed E-state index contributed by atoms with van der Waals surface area (Å²) in [4.78, 5) is 0.439. The summed E-state index contributed by atoms with van der Waals surface area (Å²) in [6.45, 7) is 7.63. The SMILES string of the molecule is Cc1cc(C)cc(S(=O)(=O)N2C(C)CC3CNCC32)c1. The van der Waals surface area contributed by atoms with Gasteiger partial charge in [-0.15, -0.1) is 0 Å². The van der Waals surface area contributed by atoms with Gasteiger partial charge in [0.1, 0.15) is 0 Å². The minimum Gasteiger partial charge on any atom is -0.315 e. The van der Waals surface area contributed by atoms with E-state index in [9.17, 15) is 8.42 Å². The molecule has 0 amide bonds. The van der Waals surface area contributed by atoms with Gasteiger partial charge in [-0.3, -0.25) is 0 Å². The predicted octanol–water partition coefficient (Wildman–Crippen LogP) is 1.67. The maximum Gasteiger partial charge on any atom is 0.243 e. The maximum atomic E-state index is 13.0. The van der Waals surface area contributed by atoms with Crippen LogP contribution in [0.15, 0.2) is 23.1 Å². The number of benzene rings is 1. The van der Waals surface area contributed by atoms with Crippen molar-refractivity contribution in [2.24, 2.45) is 5.92 Å². The largest absolute Gasteiger partial charge is 0.315 e. The second-order valence-electron chi connectivity index (χ2n) is 6.23. The molecule has 0 radical (unpaired) electrons. The van der Waals surface area contributed by atoms with Gasteiger partial charge in [-0.05, 0) is 62.9 Å². The molecule has 0 aliphatic carbocycles. The van der Waals surface area contributed by atoms with Crippen LogP contribution in [0.5, 0.6) is 0 Å². The van der Waals surface area contributed by atoms with Crippen molar-refractivity contribution < 1.29 is 8.42 Å². The van der Waals surface area contributed by atoms with Crippen molar-refractivity contribution in [1.82, 2.24) is 9.62 Å². The molecule has 110 valence electrons. The van der Waals surface area contributed by atoms with Crippen LogP contribution in [0, 0.1) is 19.8 Å². The van der Waals surface area contributed by atoms with Gasteiger partial charge in [-0.2, -0.15) is 4.31 Å². The Morgan fingerprint density at radius 2 is 1.80 bits per heavy atom. The molecule has 0 bridgehead atoms. The smallest absolute Gasteiger partial charge is 0.243 e. The van der Waals surface area contributed by atoms with Crippen molar-refractivity contribution in [2.75, 3.05) is 13.1 Å². The average Bonchev–Trinajstić information content (AvgIpc) is 2.86. The zero-order valence-electron chi connectivity index (χ0n) is 12.3. The van der Waals surface area contributed by atoms with Crippen molar-refractivity contribution >= 4 is 10.0 Å². The van der Waals surface area contributed by atoms with Crippen molar-refractivity contribution in [3.05, 3.63) is 29.3 Å². The van der Waals surface area contributed by atoms with Gasteiger partial charge in [0.15, 0.2) is 0 Å². The molecule has 2 saturated heterocycles. The fourth-order valence-electron chi connectivity index (χ4n) is 3.75. The summed E-state index contributed by atoms with van der Waals surface area (Å²) in [5.74, 6) is 0.464. The van der Waals surface area contributed by atoms with E-state index in [0.29, 0.717) is 10.8 Å². The lowest BCUT2D eigenvalue weighted by Crippen LogP contribution is -2.42. The number of nitrogens with zero attached hydrogens (tertiary/aromatic N) is 1. The number of sulfonamides is 1. The van der Waals surface area contributed by atoms with E-state index in [2.05, 4.69) is 5.32 Å². The summed E-state index contributed by atoms with van der Waals surface area (Å²) in [5.41, 5.74) is 1.99. The highest BCUT2D eigenvalue weighted by Gasteiger charge is 2.47. The Bertz CT molecular complexity index is 607. The first kappa shape index (κ1) is 14.0. The molecule has 20 heavy (non-hydrogen) atoms. The molecule has 2 aliphatic rings. The van der Waals surface area contributed by atoms with Crippen molar-refractivity contribution in [2.45, 2.75) is 44.2 Å². The maximum absolute atomic E-state index is 13.0. The number of nitrogens with one attached hydrogen (secondary N) is 1. The summed E-state index contributed by atoms with van der Waals surface area (Å²) < 4.78 is 27.7. The molecule has 0 saturated carbocycles.